The second kappa shape index (κ2) is 31.6. The molecule has 6 nitrogen and oxygen atoms in total. The normalized spacial score (nSPS) is 34.5. The van der Waals surface area contributed by atoms with E-state index in [1.165, 1.54) is 182 Å². The van der Waals surface area contributed by atoms with Gasteiger partial charge in [-0.25, -0.2) is 0 Å². The predicted molar refractivity (Wildman–Crippen MR) is 501 cm³/mol. The lowest BCUT2D eigenvalue weighted by atomic mass is 9.63. The molecular formula is C111H152N6. The quantitative estimate of drug-likeness (QED) is 0.164. The van der Waals surface area contributed by atoms with Crippen LogP contribution < -0.4 is 9.80 Å². The first-order valence-electron chi connectivity index (χ1n) is 46.3. The van der Waals surface area contributed by atoms with E-state index in [4.69, 9.17) is 0 Å². The Hall–Kier alpha value is -6.80. The van der Waals surface area contributed by atoms with Gasteiger partial charge in [0, 0.05) is 139 Å². The van der Waals surface area contributed by atoms with Crippen LogP contribution in [0.2, 0.25) is 0 Å². The number of rotatable bonds is 6. The minimum absolute atomic E-state index is 0.237. The number of hydrogen-bond acceptors (Lipinski definition) is 6. The SMILES string of the molecule is Cc1cc(C)c(C)c(C2C(C)N3CC2(C)C(C)C3C)c1.Cc1cc(C)c(C)c(C2C(C)N3CC2(C)c2ccccc23)c1.Cc1cc(C)c(C)c(C2C(C)N3CCC2(C)C3)c1.Cc1cc(C)c(C)c(C2C(C)N3CCC2C3(C)C)c1.Cc1cc(C)c(C)c(C2C3CCN(C3)C2C)c1.Cc1cc(C)c(C)c(C2C3CN(c4ccccc43)C2C)c1. The summed E-state index contributed by atoms with van der Waals surface area (Å²) in [4.78, 5) is 16.1. The lowest BCUT2D eigenvalue weighted by Gasteiger charge is -2.44. The van der Waals surface area contributed by atoms with Gasteiger partial charge in [-0.1, -0.05) is 170 Å². The maximum absolute atomic E-state index is 2.74. The molecule has 117 heavy (non-hydrogen) atoms. The van der Waals surface area contributed by atoms with Gasteiger partial charge in [0.05, 0.1) is 0 Å². The summed E-state index contributed by atoms with van der Waals surface area (Å²) in [5.41, 5.74) is 43.4. The molecule has 8 aromatic rings. The molecule has 0 aromatic heterocycles. The molecule has 10 saturated heterocycles. The molecule has 8 aromatic carbocycles. The lowest BCUT2D eigenvalue weighted by Crippen LogP contribution is -2.45. The van der Waals surface area contributed by atoms with E-state index in [1.54, 1.807) is 38.9 Å². The minimum atomic E-state index is 0.237. The highest BCUT2D eigenvalue weighted by Gasteiger charge is 2.62. The van der Waals surface area contributed by atoms with E-state index in [1.807, 2.05) is 0 Å². The van der Waals surface area contributed by atoms with Gasteiger partial charge in [-0.15, -0.1) is 0 Å². The fraction of sp³-hybridized carbons (Fsp3) is 0.568. The fourth-order valence-electron chi connectivity index (χ4n) is 28.2. The highest BCUT2D eigenvalue weighted by atomic mass is 15.3. The van der Waals surface area contributed by atoms with Crippen LogP contribution in [0.4, 0.5) is 11.4 Å². The van der Waals surface area contributed by atoms with Crippen LogP contribution in [0.25, 0.3) is 0 Å². The van der Waals surface area contributed by atoms with E-state index in [0.29, 0.717) is 70.2 Å². The maximum Gasteiger partial charge on any atom is 0.0408 e. The molecular weight excluding hydrogens is 1420 g/mol. The first kappa shape index (κ1) is 85.2. The first-order valence-corrected chi connectivity index (χ1v) is 46.3. The van der Waals surface area contributed by atoms with Crippen molar-refractivity contribution in [2.75, 3.05) is 62.2 Å². The zero-order valence-electron chi connectivity index (χ0n) is 78.8. The summed E-state index contributed by atoms with van der Waals surface area (Å²) in [5, 5.41) is 0. The van der Waals surface area contributed by atoms with Gasteiger partial charge in [0.2, 0.25) is 0 Å². The average molecular weight is 1570 g/mol. The Balaban J connectivity index is 0.000000110. The van der Waals surface area contributed by atoms with Crippen LogP contribution >= 0.6 is 0 Å². The zero-order valence-corrected chi connectivity index (χ0v) is 78.8. The van der Waals surface area contributed by atoms with Crippen molar-refractivity contribution in [3.05, 3.63) is 266 Å². The number of nitrogens with zero attached hydrogens (tertiary/aromatic N) is 6. The molecule has 12 heterocycles. The molecule has 0 radical (unpaired) electrons. The second-order valence-electron chi connectivity index (χ2n) is 42.5. The Bertz CT molecular complexity index is 5090. The molecule has 20 rings (SSSR count). The molecule has 0 amide bonds. The van der Waals surface area contributed by atoms with Crippen molar-refractivity contribution in [3.63, 3.8) is 0 Å². The van der Waals surface area contributed by atoms with Crippen LogP contribution in [0.15, 0.2) is 121 Å². The van der Waals surface area contributed by atoms with Crippen molar-refractivity contribution >= 4 is 11.4 Å². The molecule has 24 atom stereocenters. The van der Waals surface area contributed by atoms with E-state index in [9.17, 15) is 0 Å². The van der Waals surface area contributed by atoms with Crippen molar-refractivity contribution in [2.45, 2.75) is 329 Å². The van der Waals surface area contributed by atoms with Crippen molar-refractivity contribution in [3.8, 4) is 0 Å². The lowest BCUT2D eigenvalue weighted by molar-refractivity contribution is 0.112. The highest BCUT2D eigenvalue weighted by molar-refractivity contribution is 5.70. The van der Waals surface area contributed by atoms with Gasteiger partial charge in [-0.3, -0.25) is 19.6 Å². The summed E-state index contributed by atoms with van der Waals surface area (Å²) in [5.74, 6) is 7.31. The summed E-state index contributed by atoms with van der Waals surface area (Å²) < 4.78 is 0. The third-order valence-corrected chi connectivity index (χ3v) is 35.2. The Morgan fingerprint density at radius 1 is 0.333 bits per heavy atom. The van der Waals surface area contributed by atoms with Crippen molar-refractivity contribution < 1.29 is 0 Å². The number of piperidine rings is 4. The number of para-hydroxylation sites is 2. The van der Waals surface area contributed by atoms with Gasteiger partial charge < -0.3 is 9.80 Å². The molecule has 626 valence electrons. The minimum Gasteiger partial charge on any atom is -0.367 e. The number of hydrogen-bond donors (Lipinski definition) is 0. The monoisotopic (exact) mass is 1570 g/mol. The van der Waals surface area contributed by atoms with Crippen molar-refractivity contribution in [2.24, 2.45) is 28.6 Å². The molecule has 0 saturated carbocycles. The van der Waals surface area contributed by atoms with Gasteiger partial charge in [-0.05, 0) is 378 Å². The first-order chi connectivity index (χ1) is 55.1. The molecule has 12 bridgehead atoms. The standard InChI is InChI=1S/C21H25N.C20H23N.C19H29N.C18H27N.C17H25N.C16H23N/c1-13-10-14(2)15(3)17(11-13)20-16(4)22-12-21(20,5)18-8-6-7-9-19(18)22;1-12-9-13(2)14(3)17(10-12)20-15(4)21-11-18(20)16-7-5-6-8-19(16)21;1-11-8-12(2)13(3)17(9-11)18-16(6)20-10-19(18,7)14(4)15(20)5;1-11-9-12(2)13(3)15(10-11)17-14(4)19-8-7-16(17)18(19,5)6;1-11-8-12(2)13(3)15(9-11)16-14(4)18-7-6-17(16,5)10-18;1-10-7-11(2)12(3)15(8-10)16-13(4)17-6-5-14(16)9-17/h6-11,16,20H,12H2,1-5H3;5-10,15,18,20H,11H2,1-4H3;8-9,14-16,18H,10H2,1-7H3;9-10,14,16-17H,7-8H2,1-6H3;8-9,14,16H,6-7,10H2,1-5H3;7-8,13-14,16H,5-6,9H2,1-4H3. The van der Waals surface area contributed by atoms with Gasteiger partial charge in [0.1, 0.15) is 0 Å². The summed E-state index contributed by atoms with van der Waals surface area (Å²) in [7, 11) is 0. The smallest absolute Gasteiger partial charge is 0.0408 e. The molecule has 10 fully saturated rings. The van der Waals surface area contributed by atoms with Gasteiger partial charge in [-0.2, -0.15) is 0 Å². The van der Waals surface area contributed by atoms with Crippen LogP contribution in [0.5, 0.6) is 0 Å². The molecule has 12 aliphatic rings. The largest absolute Gasteiger partial charge is 0.367 e. The van der Waals surface area contributed by atoms with Crippen LogP contribution in [-0.2, 0) is 5.41 Å². The predicted octanol–water partition coefficient (Wildman–Crippen LogP) is 25.4. The van der Waals surface area contributed by atoms with E-state index in [-0.39, 0.29) is 5.41 Å². The van der Waals surface area contributed by atoms with Crippen LogP contribution in [0.3, 0.4) is 0 Å². The Morgan fingerprint density at radius 3 is 1.26 bits per heavy atom. The van der Waals surface area contributed by atoms with E-state index in [0.717, 1.165) is 54.1 Å². The van der Waals surface area contributed by atoms with E-state index in [2.05, 4.69) is 365 Å². The topological polar surface area (TPSA) is 19.4 Å². The van der Waals surface area contributed by atoms with Gasteiger partial charge in [0.15, 0.2) is 0 Å². The summed E-state index contributed by atoms with van der Waals surface area (Å²) in [6.45, 7) is 82.7. The number of aryl methyl sites for hydroxylation is 12. The van der Waals surface area contributed by atoms with Crippen LogP contribution in [0, 0.1) is 153 Å². The molecule has 12 aliphatic heterocycles. The number of fused-ring (bicyclic) bond motifs is 18. The molecule has 24 unspecified atom stereocenters. The molecule has 0 N–H and O–H groups in total. The Labute approximate surface area is 711 Å². The summed E-state index contributed by atoms with van der Waals surface area (Å²) in [6.07, 6.45) is 4.14. The fourth-order valence-corrected chi connectivity index (χ4v) is 28.2. The number of anilines is 2. The zero-order chi connectivity index (χ0) is 84.4. The van der Waals surface area contributed by atoms with E-state index >= 15 is 0 Å². The maximum atomic E-state index is 2.74. The van der Waals surface area contributed by atoms with Crippen molar-refractivity contribution in [1.82, 2.24) is 19.6 Å². The second-order valence-corrected chi connectivity index (χ2v) is 42.5. The Morgan fingerprint density at radius 2 is 0.786 bits per heavy atom. The van der Waals surface area contributed by atoms with Gasteiger partial charge >= 0.3 is 0 Å². The summed E-state index contributed by atoms with van der Waals surface area (Å²) >= 11 is 0. The van der Waals surface area contributed by atoms with Crippen LogP contribution in [-0.4, -0.2) is 120 Å². The Kier molecular flexibility index (Phi) is 23.0. The third-order valence-electron chi connectivity index (χ3n) is 35.2. The summed E-state index contributed by atoms with van der Waals surface area (Å²) in [6, 6.07) is 51.2. The molecule has 6 heteroatoms. The van der Waals surface area contributed by atoms with Crippen LogP contribution in [0.1, 0.15) is 295 Å². The number of benzene rings is 8. The van der Waals surface area contributed by atoms with E-state index < -0.39 is 0 Å². The average Bonchev–Trinajstić information content (AvgIpc) is 1.55. The van der Waals surface area contributed by atoms with Crippen molar-refractivity contribution in [1.29, 1.82) is 0 Å². The highest BCUT2D eigenvalue weighted by Crippen LogP contribution is 2.63. The van der Waals surface area contributed by atoms with Gasteiger partial charge in [0.25, 0.3) is 0 Å². The third kappa shape index (κ3) is 14.3. The molecule has 0 aliphatic carbocycles. The molecule has 0 spiro atoms.